The number of hydrogen-bond donors (Lipinski definition) is 7. The summed E-state index contributed by atoms with van der Waals surface area (Å²) in [6.07, 6.45) is 3.27. The number of ether oxygens (including phenoxy) is 2. The van der Waals surface area contributed by atoms with Gasteiger partial charge in [0.05, 0.1) is 11.1 Å². The Morgan fingerprint density at radius 3 is 1.44 bits per heavy atom. The molecule has 198 valence electrons. The molecule has 0 bridgehead atoms. The molecule has 7 N–H and O–H groups in total. The Bertz CT molecular complexity index is 1560. The summed E-state index contributed by atoms with van der Waals surface area (Å²) in [5.41, 5.74) is 0.720. The fourth-order valence-electron chi connectivity index (χ4n) is 3.38. The molecule has 0 heterocycles. The lowest BCUT2D eigenvalue weighted by molar-refractivity contribution is 0.0724. The number of rotatable bonds is 6. The summed E-state index contributed by atoms with van der Waals surface area (Å²) < 4.78 is 10.4. The van der Waals surface area contributed by atoms with E-state index in [0.29, 0.717) is 11.1 Å². The van der Waals surface area contributed by atoms with Crippen molar-refractivity contribution < 1.29 is 54.8 Å². The Morgan fingerprint density at radius 2 is 0.949 bits per heavy atom. The third-order valence-corrected chi connectivity index (χ3v) is 5.29. The molecule has 0 aliphatic heterocycles. The Balaban J connectivity index is 1.44. The van der Waals surface area contributed by atoms with E-state index in [-0.39, 0.29) is 28.4 Å². The van der Waals surface area contributed by atoms with Crippen molar-refractivity contribution in [2.75, 3.05) is 0 Å². The molecule has 0 spiro atoms. The monoisotopic (exact) mass is 532 g/mol. The number of hydrogen-bond acceptors (Lipinski definition) is 11. The van der Waals surface area contributed by atoms with E-state index in [2.05, 4.69) is 0 Å². The zero-order valence-electron chi connectivity index (χ0n) is 19.8. The van der Waals surface area contributed by atoms with Crippen LogP contribution in [0.2, 0.25) is 0 Å². The maximum absolute atomic E-state index is 12.4. The van der Waals surface area contributed by atoms with Crippen LogP contribution >= 0.6 is 0 Å². The number of benzene rings is 4. The minimum absolute atomic E-state index is 0.0275. The number of esters is 2. The van der Waals surface area contributed by atoms with E-state index in [4.69, 9.17) is 9.47 Å². The van der Waals surface area contributed by atoms with Crippen molar-refractivity contribution in [1.29, 1.82) is 0 Å². The Kier molecular flexibility index (Phi) is 7.16. The van der Waals surface area contributed by atoms with Gasteiger partial charge in [-0.25, -0.2) is 9.59 Å². The van der Waals surface area contributed by atoms with Gasteiger partial charge in [0.1, 0.15) is 17.2 Å². The van der Waals surface area contributed by atoms with Crippen molar-refractivity contribution in [3.8, 4) is 51.7 Å². The molecular weight excluding hydrogens is 512 g/mol. The summed E-state index contributed by atoms with van der Waals surface area (Å²) in [7, 11) is 0. The number of phenols is 7. The maximum Gasteiger partial charge on any atom is 0.343 e. The van der Waals surface area contributed by atoms with Crippen LogP contribution < -0.4 is 9.47 Å². The van der Waals surface area contributed by atoms with E-state index in [1.165, 1.54) is 30.3 Å². The summed E-state index contributed by atoms with van der Waals surface area (Å²) in [5, 5.41) is 67.1. The van der Waals surface area contributed by atoms with E-state index >= 15 is 0 Å². The smallest absolute Gasteiger partial charge is 0.343 e. The Hall–Kier alpha value is -5.84. The predicted molar refractivity (Wildman–Crippen MR) is 136 cm³/mol. The zero-order valence-corrected chi connectivity index (χ0v) is 19.8. The largest absolute Gasteiger partial charge is 0.508 e. The lowest BCUT2D eigenvalue weighted by Crippen LogP contribution is -2.08. The zero-order chi connectivity index (χ0) is 28.3. The first kappa shape index (κ1) is 26.2. The first-order valence-corrected chi connectivity index (χ1v) is 11.1. The SMILES string of the molecule is O=C(Oc1ccc(/C=C/c2cc(O)cc(OC(=O)c3cc(O)c(O)c(O)c3)c2)cc1)c1cc(O)c(O)c(O)c1. The number of carbonyl (C=O) groups excluding carboxylic acids is 2. The molecule has 11 nitrogen and oxygen atoms in total. The van der Waals surface area contributed by atoms with Gasteiger partial charge in [-0.1, -0.05) is 24.3 Å². The molecule has 0 unspecified atom stereocenters. The quantitative estimate of drug-likeness (QED) is 0.0812. The molecule has 0 atom stereocenters. The average molecular weight is 532 g/mol. The van der Waals surface area contributed by atoms with Gasteiger partial charge in [0.25, 0.3) is 0 Å². The highest BCUT2D eigenvalue weighted by Crippen LogP contribution is 2.37. The molecule has 0 aliphatic rings. The molecule has 39 heavy (non-hydrogen) atoms. The highest BCUT2D eigenvalue weighted by atomic mass is 16.5. The van der Waals surface area contributed by atoms with Crippen molar-refractivity contribution >= 4 is 24.1 Å². The molecule has 0 aliphatic carbocycles. The molecule has 4 aromatic carbocycles. The fourth-order valence-corrected chi connectivity index (χ4v) is 3.38. The first-order valence-electron chi connectivity index (χ1n) is 11.1. The van der Waals surface area contributed by atoms with Crippen molar-refractivity contribution in [3.63, 3.8) is 0 Å². The highest BCUT2D eigenvalue weighted by molar-refractivity contribution is 5.93. The van der Waals surface area contributed by atoms with E-state index in [1.807, 2.05) is 0 Å². The molecule has 0 saturated heterocycles. The van der Waals surface area contributed by atoms with Crippen LogP contribution in [0, 0.1) is 0 Å². The van der Waals surface area contributed by atoms with Gasteiger partial charge in [0.15, 0.2) is 34.5 Å². The van der Waals surface area contributed by atoms with Gasteiger partial charge in [-0.3, -0.25) is 0 Å². The van der Waals surface area contributed by atoms with Crippen LogP contribution in [-0.4, -0.2) is 47.7 Å². The van der Waals surface area contributed by atoms with Crippen LogP contribution in [0.25, 0.3) is 12.2 Å². The van der Waals surface area contributed by atoms with Crippen LogP contribution in [0.3, 0.4) is 0 Å². The minimum atomic E-state index is -0.955. The first-order chi connectivity index (χ1) is 18.5. The Labute approximate surface area is 219 Å². The third kappa shape index (κ3) is 6.12. The van der Waals surface area contributed by atoms with Crippen molar-refractivity contribution in [2.24, 2.45) is 0 Å². The van der Waals surface area contributed by atoms with E-state index in [0.717, 1.165) is 24.3 Å². The van der Waals surface area contributed by atoms with Crippen molar-refractivity contribution in [2.45, 2.75) is 0 Å². The number of aromatic hydroxyl groups is 7. The molecule has 0 radical (unpaired) electrons. The topological polar surface area (TPSA) is 194 Å². The van der Waals surface area contributed by atoms with Gasteiger partial charge in [-0.2, -0.15) is 0 Å². The lowest BCUT2D eigenvalue weighted by atomic mass is 10.1. The van der Waals surface area contributed by atoms with Gasteiger partial charge in [-0.15, -0.1) is 0 Å². The van der Waals surface area contributed by atoms with Gasteiger partial charge >= 0.3 is 11.9 Å². The van der Waals surface area contributed by atoms with Gasteiger partial charge in [0.2, 0.25) is 0 Å². The fraction of sp³-hybridized carbons (Fsp3) is 0. The van der Waals surface area contributed by atoms with Crippen LogP contribution in [-0.2, 0) is 0 Å². The number of phenolic OH excluding ortho intramolecular Hbond substituents is 7. The maximum atomic E-state index is 12.4. The van der Waals surface area contributed by atoms with Gasteiger partial charge in [0, 0.05) is 6.07 Å². The summed E-state index contributed by atoms with van der Waals surface area (Å²) in [6, 6.07) is 14.0. The number of carbonyl (C=O) groups is 2. The molecule has 4 rings (SSSR count). The standard InChI is InChI=1S/C28H20O11/c29-18-7-15(8-20(13-18)39-28(37)17-11-23(32)26(35)24(33)12-17)2-1-14-3-5-19(6-4-14)38-27(36)16-9-21(30)25(34)22(31)10-16/h1-13,29-35H/b2-1+. The van der Waals surface area contributed by atoms with Crippen LogP contribution in [0.1, 0.15) is 31.8 Å². The summed E-state index contributed by atoms with van der Waals surface area (Å²) in [6.45, 7) is 0. The second-order valence-corrected chi connectivity index (χ2v) is 8.17. The lowest BCUT2D eigenvalue weighted by Gasteiger charge is -2.08. The molecular formula is C28H20O11. The van der Waals surface area contributed by atoms with Crippen LogP contribution in [0.15, 0.2) is 66.7 Å². The molecule has 0 aromatic heterocycles. The van der Waals surface area contributed by atoms with E-state index < -0.39 is 46.4 Å². The van der Waals surface area contributed by atoms with E-state index in [9.17, 15) is 45.3 Å². The minimum Gasteiger partial charge on any atom is -0.508 e. The third-order valence-electron chi connectivity index (χ3n) is 5.29. The van der Waals surface area contributed by atoms with Crippen LogP contribution in [0.5, 0.6) is 51.7 Å². The van der Waals surface area contributed by atoms with Crippen molar-refractivity contribution in [1.82, 2.24) is 0 Å². The molecule has 0 saturated carbocycles. The van der Waals surface area contributed by atoms with Crippen LogP contribution in [0.4, 0.5) is 0 Å². The second-order valence-electron chi connectivity index (χ2n) is 8.17. The molecule has 11 heteroatoms. The molecule has 0 fully saturated rings. The molecule has 0 amide bonds. The van der Waals surface area contributed by atoms with Gasteiger partial charge < -0.3 is 45.2 Å². The molecule has 4 aromatic rings. The average Bonchev–Trinajstić information content (AvgIpc) is 2.89. The summed E-state index contributed by atoms with van der Waals surface area (Å²) in [4.78, 5) is 24.7. The summed E-state index contributed by atoms with van der Waals surface area (Å²) in [5.74, 6) is -6.18. The normalized spacial score (nSPS) is 10.9. The van der Waals surface area contributed by atoms with Crippen molar-refractivity contribution in [3.05, 3.63) is 89.0 Å². The Morgan fingerprint density at radius 1 is 0.513 bits per heavy atom. The van der Waals surface area contributed by atoms with Gasteiger partial charge in [-0.05, 0) is 59.7 Å². The predicted octanol–water partition coefficient (Wildman–Crippen LogP) is 4.23. The second kappa shape index (κ2) is 10.6. The van der Waals surface area contributed by atoms with E-state index in [1.54, 1.807) is 24.3 Å². The highest BCUT2D eigenvalue weighted by Gasteiger charge is 2.17. The summed E-state index contributed by atoms with van der Waals surface area (Å²) >= 11 is 0.